The first kappa shape index (κ1) is 9.90. The van der Waals surface area contributed by atoms with E-state index < -0.39 is 23.5 Å². The fraction of sp³-hybridized carbons (Fsp3) is 0.667. The van der Waals surface area contributed by atoms with E-state index in [2.05, 4.69) is 0 Å². The monoisotopic (exact) mass is 160 g/mol. The van der Waals surface area contributed by atoms with Crippen LogP contribution in [-0.2, 0) is 9.59 Å². The van der Waals surface area contributed by atoms with Crippen LogP contribution < -0.4 is 10.2 Å². The van der Waals surface area contributed by atoms with Crippen molar-refractivity contribution >= 4 is 11.9 Å². The van der Waals surface area contributed by atoms with Crippen LogP contribution in [-0.4, -0.2) is 22.6 Å². The van der Waals surface area contributed by atoms with Crippen LogP contribution in [0.2, 0.25) is 0 Å². The maximum absolute atomic E-state index is 10.1. The van der Waals surface area contributed by atoms with Crippen molar-refractivity contribution in [1.82, 2.24) is 0 Å². The number of rotatable bonds is 3. The normalized spacial score (nSPS) is 18.5. The topological polar surface area (TPSA) is 100 Å². The fourth-order valence-corrected chi connectivity index (χ4v) is 0.406. The van der Waals surface area contributed by atoms with Gasteiger partial charge < -0.3 is 24.9 Å². The predicted molar refractivity (Wildman–Crippen MR) is 29.8 cm³/mol. The van der Waals surface area contributed by atoms with Crippen molar-refractivity contribution in [3.8, 4) is 0 Å². The van der Waals surface area contributed by atoms with Gasteiger partial charge in [0, 0.05) is 11.9 Å². The minimum Gasteiger partial charge on any atom is -0.550 e. The largest absolute Gasteiger partial charge is 0.550 e. The number of carbonyl (C=O) groups is 2. The van der Waals surface area contributed by atoms with Gasteiger partial charge in [-0.1, -0.05) is 6.92 Å². The van der Waals surface area contributed by atoms with Gasteiger partial charge in [0.25, 0.3) is 0 Å². The molecule has 64 valence electrons. The van der Waals surface area contributed by atoms with Gasteiger partial charge in [-0.25, -0.2) is 0 Å². The molecule has 0 aliphatic heterocycles. The summed E-state index contributed by atoms with van der Waals surface area (Å²) in [5, 5.41) is 29.2. The molecular weight excluding hydrogens is 152 g/mol. The first-order valence-electron chi connectivity index (χ1n) is 2.94. The van der Waals surface area contributed by atoms with Gasteiger partial charge in [-0.15, -0.1) is 0 Å². The molecule has 0 fully saturated rings. The number of carbonyl (C=O) groups excluding carboxylic acids is 2. The average molecular weight is 160 g/mol. The lowest BCUT2D eigenvalue weighted by atomic mass is 9.91. The SMILES string of the molecule is C[C@H](C(=O)[O-])[C@](C)(O)C(=O)[O-]. The van der Waals surface area contributed by atoms with Crippen molar-refractivity contribution < 1.29 is 24.9 Å². The Morgan fingerprint density at radius 2 is 1.82 bits per heavy atom. The Hall–Kier alpha value is -1.10. The summed E-state index contributed by atoms with van der Waals surface area (Å²) in [7, 11) is 0. The van der Waals surface area contributed by atoms with E-state index in [-0.39, 0.29) is 0 Å². The Morgan fingerprint density at radius 3 is 1.91 bits per heavy atom. The van der Waals surface area contributed by atoms with E-state index in [0.717, 1.165) is 13.8 Å². The lowest BCUT2D eigenvalue weighted by Gasteiger charge is -2.31. The first-order valence-corrected chi connectivity index (χ1v) is 2.94. The lowest BCUT2D eigenvalue weighted by Crippen LogP contribution is -2.55. The number of hydrogen-bond acceptors (Lipinski definition) is 5. The van der Waals surface area contributed by atoms with Crippen molar-refractivity contribution in [3.63, 3.8) is 0 Å². The van der Waals surface area contributed by atoms with Gasteiger partial charge in [0.1, 0.15) is 5.60 Å². The first-order chi connectivity index (χ1) is 4.80. The Labute approximate surface area is 63.3 Å². The van der Waals surface area contributed by atoms with Crippen LogP contribution in [0.15, 0.2) is 0 Å². The quantitative estimate of drug-likeness (QED) is 0.470. The zero-order valence-corrected chi connectivity index (χ0v) is 6.16. The van der Waals surface area contributed by atoms with Crippen molar-refractivity contribution in [2.45, 2.75) is 19.4 Å². The zero-order valence-electron chi connectivity index (χ0n) is 6.16. The van der Waals surface area contributed by atoms with E-state index in [9.17, 15) is 19.8 Å². The molecule has 0 aromatic carbocycles. The fourth-order valence-electron chi connectivity index (χ4n) is 0.406. The molecule has 0 bridgehead atoms. The molecule has 2 atom stereocenters. The molecule has 11 heavy (non-hydrogen) atoms. The second-order valence-corrected chi connectivity index (χ2v) is 2.48. The number of carboxylic acids is 2. The van der Waals surface area contributed by atoms with Crippen molar-refractivity contribution in [3.05, 3.63) is 0 Å². The summed E-state index contributed by atoms with van der Waals surface area (Å²) in [5.74, 6) is -4.94. The van der Waals surface area contributed by atoms with Crippen LogP contribution in [0.5, 0.6) is 0 Å². The molecule has 0 rings (SSSR count). The van der Waals surface area contributed by atoms with Gasteiger partial charge in [0.2, 0.25) is 0 Å². The number of hydrogen-bond donors (Lipinski definition) is 1. The standard InChI is InChI=1S/C6H10O5/c1-3(4(7)8)6(2,11)5(9)10/h3,11H,1-2H3,(H,7,8)(H,9,10)/p-2/t3-,6+/m1/s1. The van der Waals surface area contributed by atoms with Crippen molar-refractivity contribution in [1.29, 1.82) is 0 Å². The van der Waals surface area contributed by atoms with Gasteiger partial charge in [0.15, 0.2) is 0 Å². The van der Waals surface area contributed by atoms with Crippen LogP contribution in [0, 0.1) is 5.92 Å². The minimum atomic E-state index is -2.38. The van der Waals surface area contributed by atoms with Crippen LogP contribution in [0.4, 0.5) is 0 Å². The van der Waals surface area contributed by atoms with Crippen LogP contribution >= 0.6 is 0 Å². The lowest BCUT2D eigenvalue weighted by molar-refractivity contribution is -0.338. The highest BCUT2D eigenvalue weighted by Crippen LogP contribution is 2.14. The molecule has 0 spiro atoms. The van der Waals surface area contributed by atoms with E-state index in [1.54, 1.807) is 0 Å². The zero-order chi connectivity index (χ0) is 9.23. The van der Waals surface area contributed by atoms with Crippen molar-refractivity contribution in [2.24, 2.45) is 5.92 Å². The molecular formula is C6H8O5-2. The van der Waals surface area contributed by atoms with E-state index in [1.807, 2.05) is 0 Å². The maximum Gasteiger partial charge on any atom is 0.109 e. The Morgan fingerprint density at radius 1 is 1.45 bits per heavy atom. The van der Waals surface area contributed by atoms with Crippen molar-refractivity contribution in [2.75, 3.05) is 0 Å². The molecule has 0 aliphatic rings. The van der Waals surface area contributed by atoms with E-state index >= 15 is 0 Å². The predicted octanol–water partition coefficient (Wildman–Crippen LogP) is -3.13. The summed E-state index contributed by atoms with van der Waals surface area (Å²) >= 11 is 0. The highest BCUT2D eigenvalue weighted by molar-refractivity contribution is 5.82. The van der Waals surface area contributed by atoms with Gasteiger partial charge in [0.05, 0.1) is 5.97 Å². The van der Waals surface area contributed by atoms with Gasteiger partial charge in [-0.2, -0.15) is 0 Å². The third kappa shape index (κ3) is 1.91. The van der Waals surface area contributed by atoms with Gasteiger partial charge >= 0.3 is 0 Å². The molecule has 0 saturated heterocycles. The molecule has 0 heterocycles. The third-order valence-corrected chi connectivity index (χ3v) is 1.61. The van der Waals surface area contributed by atoms with E-state index in [0.29, 0.717) is 0 Å². The summed E-state index contributed by atoms with van der Waals surface area (Å²) in [4.78, 5) is 20.2. The summed E-state index contributed by atoms with van der Waals surface area (Å²) in [5.41, 5.74) is -2.38. The molecule has 1 N–H and O–H groups in total. The molecule has 0 aromatic rings. The second-order valence-electron chi connectivity index (χ2n) is 2.48. The summed E-state index contributed by atoms with van der Waals surface area (Å²) in [6.07, 6.45) is 0. The highest BCUT2D eigenvalue weighted by Gasteiger charge is 2.30. The van der Waals surface area contributed by atoms with E-state index in [1.165, 1.54) is 0 Å². The molecule has 0 amide bonds. The molecule has 0 radical (unpaired) electrons. The molecule has 0 aliphatic carbocycles. The van der Waals surface area contributed by atoms with Crippen LogP contribution in [0.1, 0.15) is 13.8 Å². The number of aliphatic carboxylic acids is 2. The molecule has 0 unspecified atom stereocenters. The van der Waals surface area contributed by atoms with E-state index in [4.69, 9.17) is 5.11 Å². The smallest absolute Gasteiger partial charge is 0.109 e. The molecule has 0 saturated carbocycles. The van der Waals surface area contributed by atoms with Gasteiger partial charge in [-0.3, -0.25) is 0 Å². The molecule has 5 heteroatoms. The average Bonchev–Trinajstić information content (AvgIpc) is 1.85. The van der Waals surface area contributed by atoms with Gasteiger partial charge in [-0.05, 0) is 6.92 Å². The molecule has 0 aromatic heterocycles. The molecule has 5 nitrogen and oxygen atoms in total. The Bertz CT molecular complexity index is 183. The maximum atomic E-state index is 10.1. The summed E-state index contributed by atoms with van der Waals surface area (Å²) in [6.45, 7) is 1.88. The Kier molecular flexibility index (Phi) is 2.59. The Balaban J connectivity index is 4.55. The second kappa shape index (κ2) is 2.87. The minimum absolute atomic E-state index is 0.850. The number of carboxylic acid groups (broad SMARTS) is 2. The summed E-state index contributed by atoms with van der Waals surface area (Å²) < 4.78 is 0. The van der Waals surface area contributed by atoms with Crippen LogP contribution in [0.3, 0.4) is 0 Å². The van der Waals surface area contributed by atoms with Crippen LogP contribution in [0.25, 0.3) is 0 Å². The number of aliphatic hydroxyl groups is 1. The highest BCUT2D eigenvalue weighted by atomic mass is 16.4. The third-order valence-electron chi connectivity index (χ3n) is 1.61. The summed E-state index contributed by atoms with van der Waals surface area (Å²) in [6, 6.07) is 0.